The van der Waals surface area contributed by atoms with Crippen molar-refractivity contribution in [3.05, 3.63) is 45.7 Å². The van der Waals surface area contributed by atoms with Crippen molar-refractivity contribution in [1.82, 2.24) is 4.90 Å². The van der Waals surface area contributed by atoms with Crippen molar-refractivity contribution in [1.29, 1.82) is 0 Å². The third kappa shape index (κ3) is 6.03. The number of hydrogen-bond acceptors (Lipinski definition) is 6. The highest BCUT2D eigenvalue weighted by atomic mass is 79.9. The predicted octanol–water partition coefficient (Wildman–Crippen LogP) is 5.84. The van der Waals surface area contributed by atoms with E-state index in [9.17, 15) is 8.96 Å². The number of anilines is 2. The maximum atomic E-state index is 14.6. The number of alkyl halides is 1. The van der Waals surface area contributed by atoms with Crippen LogP contribution in [0.15, 0.2) is 40.9 Å². The molecule has 0 saturated carbocycles. The molecule has 2 N–H and O–H groups in total. The van der Waals surface area contributed by atoms with Crippen molar-refractivity contribution >= 4 is 61.2 Å². The average Bonchev–Trinajstić information content (AvgIpc) is 3.14. The van der Waals surface area contributed by atoms with E-state index in [-0.39, 0.29) is 6.04 Å². The van der Waals surface area contributed by atoms with E-state index in [1.165, 1.54) is 0 Å². The molecule has 186 valence electrons. The van der Waals surface area contributed by atoms with Crippen molar-refractivity contribution in [2.24, 2.45) is 0 Å². The van der Waals surface area contributed by atoms with E-state index in [2.05, 4.69) is 44.5 Å². The number of ether oxygens (including phenoxy) is 1. The van der Waals surface area contributed by atoms with E-state index in [4.69, 9.17) is 4.74 Å². The van der Waals surface area contributed by atoms with E-state index in [1.54, 1.807) is 31.8 Å². The van der Waals surface area contributed by atoms with Gasteiger partial charge in [0.05, 0.1) is 45.1 Å². The second kappa shape index (κ2) is 10.9. The number of nitrogens with one attached hydrogen (secondary N) is 2. The Bertz CT molecular complexity index is 1330. The lowest BCUT2D eigenvalue weighted by Crippen LogP contribution is -2.46. The van der Waals surface area contributed by atoms with Gasteiger partial charge < -0.3 is 24.8 Å². The number of thiophene rings is 1. The standard InChI is InChI=1S/C26H30BrFN3O2PS/c1-31-14-12-20(19(28)16-31)30-22-8-5-7-18-25(27)24(35-26(18)22)9-6-13-29-21-11-10-17(34(3,4)32)15-23(21)33-2/h5,7-8,10-11,15,19-20,29-30H,12-14,16H2,1-4H3. The molecule has 1 saturated heterocycles. The van der Waals surface area contributed by atoms with Gasteiger partial charge in [-0.05, 0) is 67.0 Å². The van der Waals surface area contributed by atoms with Crippen molar-refractivity contribution in [3.63, 3.8) is 0 Å². The number of hydrogen-bond donors (Lipinski definition) is 2. The number of nitrogens with zero attached hydrogens (tertiary/aromatic N) is 1. The summed E-state index contributed by atoms with van der Waals surface area (Å²) in [6.07, 6.45) is -0.123. The Morgan fingerprint density at radius 3 is 2.80 bits per heavy atom. The van der Waals surface area contributed by atoms with Crippen molar-refractivity contribution < 1.29 is 13.7 Å². The lowest BCUT2D eigenvalue weighted by molar-refractivity contribution is 0.149. The smallest absolute Gasteiger partial charge is 0.142 e. The molecule has 0 bridgehead atoms. The van der Waals surface area contributed by atoms with Crippen LogP contribution in [0.4, 0.5) is 15.8 Å². The fourth-order valence-corrected chi connectivity index (χ4v) is 6.84. The van der Waals surface area contributed by atoms with Gasteiger partial charge in [-0.15, -0.1) is 11.3 Å². The van der Waals surface area contributed by atoms with E-state index in [0.717, 1.165) is 49.1 Å². The second-order valence-corrected chi connectivity index (χ2v) is 14.2. The minimum atomic E-state index is -2.36. The molecule has 3 aromatic rings. The molecule has 2 atom stereocenters. The lowest BCUT2D eigenvalue weighted by atomic mass is 10.0. The SMILES string of the molecule is COc1cc(P(C)(C)=O)ccc1NCC#Cc1sc2c(NC3CCN(C)CC3F)cccc2c1Br. The highest BCUT2D eigenvalue weighted by Crippen LogP contribution is 2.40. The molecule has 2 unspecified atom stereocenters. The molecule has 1 aliphatic heterocycles. The first-order valence-corrected chi connectivity index (χ1v) is 15.6. The van der Waals surface area contributed by atoms with Gasteiger partial charge in [0.2, 0.25) is 0 Å². The average molecular weight is 578 g/mol. The van der Waals surface area contributed by atoms with Gasteiger partial charge in [0.25, 0.3) is 0 Å². The summed E-state index contributed by atoms with van der Waals surface area (Å²) in [5.74, 6) is 7.09. The van der Waals surface area contributed by atoms with Crippen LogP contribution in [0, 0.1) is 11.8 Å². The number of likely N-dealkylation sites (tertiary alicyclic amines) is 1. The first-order valence-electron chi connectivity index (χ1n) is 11.4. The summed E-state index contributed by atoms with van der Waals surface area (Å²) < 4.78 is 34.4. The Balaban J connectivity index is 1.49. The van der Waals surface area contributed by atoms with Crippen LogP contribution in [0.25, 0.3) is 10.1 Å². The zero-order chi connectivity index (χ0) is 25.2. The zero-order valence-electron chi connectivity index (χ0n) is 20.3. The fourth-order valence-electron chi connectivity index (χ4n) is 4.13. The summed E-state index contributed by atoms with van der Waals surface area (Å²) in [5.41, 5.74) is 1.75. The van der Waals surface area contributed by atoms with E-state index >= 15 is 0 Å². The molecule has 5 nitrogen and oxygen atoms in total. The summed E-state index contributed by atoms with van der Waals surface area (Å²) >= 11 is 5.31. The Morgan fingerprint density at radius 1 is 1.29 bits per heavy atom. The summed E-state index contributed by atoms with van der Waals surface area (Å²) in [6, 6.07) is 11.4. The van der Waals surface area contributed by atoms with Crippen LogP contribution >= 0.6 is 34.4 Å². The van der Waals surface area contributed by atoms with E-state index in [0.29, 0.717) is 18.8 Å². The number of fused-ring (bicyclic) bond motifs is 1. The Morgan fingerprint density at radius 2 is 2.09 bits per heavy atom. The summed E-state index contributed by atoms with van der Waals surface area (Å²) in [6.45, 7) is 5.25. The largest absolute Gasteiger partial charge is 0.495 e. The van der Waals surface area contributed by atoms with Gasteiger partial charge in [-0.1, -0.05) is 24.0 Å². The number of rotatable bonds is 6. The summed E-state index contributed by atoms with van der Waals surface area (Å²) in [7, 11) is 1.20. The van der Waals surface area contributed by atoms with Crippen LogP contribution < -0.4 is 20.7 Å². The molecule has 1 aliphatic rings. The first-order chi connectivity index (χ1) is 16.7. The maximum absolute atomic E-state index is 14.6. The van der Waals surface area contributed by atoms with Gasteiger partial charge in [-0.3, -0.25) is 0 Å². The first kappa shape index (κ1) is 26.0. The molecule has 4 rings (SSSR count). The van der Waals surface area contributed by atoms with Gasteiger partial charge in [0.1, 0.15) is 19.1 Å². The van der Waals surface area contributed by atoms with Crippen molar-refractivity contribution in [2.75, 3.05) is 57.8 Å². The zero-order valence-corrected chi connectivity index (χ0v) is 23.6. The molecule has 0 amide bonds. The Hall–Kier alpha value is -2.04. The maximum Gasteiger partial charge on any atom is 0.142 e. The third-order valence-electron chi connectivity index (χ3n) is 6.12. The summed E-state index contributed by atoms with van der Waals surface area (Å²) in [4.78, 5) is 2.96. The molecular weight excluding hydrogens is 548 g/mol. The van der Waals surface area contributed by atoms with Crippen molar-refractivity contribution in [2.45, 2.75) is 18.6 Å². The molecule has 1 aromatic heterocycles. The summed E-state index contributed by atoms with van der Waals surface area (Å²) in [5, 5.41) is 8.58. The molecule has 0 radical (unpaired) electrons. The van der Waals surface area contributed by atoms with Gasteiger partial charge in [0.15, 0.2) is 0 Å². The van der Waals surface area contributed by atoms with Gasteiger partial charge in [-0.2, -0.15) is 0 Å². The Labute approximate surface area is 218 Å². The van der Waals surface area contributed by atoms with Gasteiger partial charge in [-0.25, -0.2) is 4.39 Å². The normalized spacial score (nSPS) is 18.7. The molecule has 0 spiro atoms. The number of methoxy groups -OCH3 is 1. The molecule has 35 heavy (non-hydrogen) atoms. The Kier molecular flexibility index (Phi) is 8.12. The third-order valence-corrected chi connectivity index (χ3v) is 9.88. The molecule has 0 aliphatic carbocycles. The van der Waals surface area contributed by atoms with Gasteiger partial charge >= 0.3 is 0 Å². The van der Waals surface area contributed by atoms with Crippen LogP contribution in [0.2, 0.25) is 0 Å². The minimum absolute atomic E-state index is 0.188. The monoisotopic (exact) mass is 577 g/mol. The fraction of sp³-hybridized carbons (Fsp3) is 0.385. The topological polar surface area (TPSA) is 53.6 Å². The van der Waals surface area contributed by atoms with Crippen LogP contribution in [0.3, 0.4) is 0 Å². The molecule has 2 heterocycles. The number of benzene rings is 2. The quantitative estimate of drug-likeness (QED) is 0.285. The second-order valence-electron chi connectivity index (χ2n) is 9.14. The minimum Gasteiger partial charge on any atom is -0.495 e. The lowest BCUT2D eigenvalue weighted by Gasteiger charge is -2.33. The van der Waals surface area contributed by atoms with Crippen molar-refractivity contribution in [3.8, 4) is 17.6 Å². The predicted molar refractivity (Wildman–Crippen MR) is 151 cm³/mol. The van der Waals surface area contributed by atoms with E-state index in [1.807, 2.05) is 42.3 Å². The van der Waals surface area contributed by atoms with Gasteiger partial charge in [0, 0.05) is 23.8 Å². The highest BCUT2D eigenvalue weighted by molar-refractivity contribution is 9.10. The molecule has 9 heteroatoms. The van der Waals surface area contributed by atoms with Crippen LogP contribution in [0.1, 0.15) is 11.3 Å². The molecule has 2 aromatic carbocycles. The number of piperidine rings is 1. The van der Waals surface area contributed by atoms with Crippen LogP contribution in [-0.4, -0.2) is 64.2 Å². The number of halogens is 2. The van der Waals surface area contributed by atoms with E-state index < -0.39 is 13.3 Å². The molecular formula is C26H30BrFN3O2PS. The molecule has 1 fully saturated rings. The van der Waals surface area contributed by atoms with Crippen LogP contribution in [-0.2, 0) is 4.57 Å². The van der Waals surface area contributed by atoms with Crippen LogP contribution in [0.5, 0.6) is 5.75 Å². The highest BCUT2D eigenvalue weighted by Gasteiger charge is 2.28.